The molecule has 0 saturated carbocycles. The van der Waals surface area contributed by atoms with Crippen molar-refractivity contribution >= 4 is 11.8 Å². The van der Waals surface area contributed by atoms with Crippen molar-refractivity contribution in [2.45, 2.75) is 26.3 Å². The Balaban J connectivity index is 1.69. The lowest BCUT2D eigenvalue weighted by atomic mass is 10.1. The van der Waals surface area contributed by atoms with Crippen LogP contribution in [0.25, 0.3) is 0 Å². The van der Waals surface area contributed by atoms with E-state index in [1.54, 1.807) is 17.9 Å². The molecule has 0 saturated heterocycles. The minimum atomic E-state index is -0.237. The predicted octanol–water partition coefficient (Wildman–Crippen LogP) is 2.59. The summed E-state index contributed by atoms with van der Waals surface area (Å²) in [5.74, 6) is 0.551. The average molecular weight is 316 g/mol. The monoisotopic (exact) mass is 316 g/mol. The fourth-order valence-electron chi connectivity index (χ4n) is 2.16. The molecule has 2 rings (SSSR count). The Kier molecular flexibility index (Phi) is 6.62. The van der Waals surface area contributed by atoms with Crippen molar-refractivity contribution in [1.29, 1.82) is 0 Å². The molecule has 0 aliphatic heterocycles. The number of hydrogen-bond donors (Lipinski definition) is 2. The molecule has 6 heteroatoms. The second kappa shape index (κ2) is 8.95. The molecular formula is C17H24N4O2. The van der Waals surface area contributed by atoms with Crippen molar-refractivity contribution in [1.82, 2.24) is 15.1 Å². The van der Waals surface area contributed by atoms with E-state index in [9.17, 15) is 4.79 Å². The van der Waals surface area contributed by atoms with Crippen LogP contribution in [0.2, 0.25) is 0 Å². The highest BCUT2D eigenvalue weighted by Crippen LogP contribution is 2.04. The van der Waals surface area contributed by atoms with Crippen LogP contribution in [0.3, 0.4) is 0 Å². The number of aromatic nitrogens is 2. The van der Waals surface area contributed by atoms with Crippen LogP contribution in [-0.2, 0) is 17.7 Å². The normalized spacial score (nSPS) is 10.5. The maximum absolute atomic E-state index is 11.8. The molecule has 0 bridgehead atoms. The largest absolute Gasteiger partial charge is 0.385 e. The standard InChI is InChI=1S/C17H24N4O2/c1-14-4-6-15(7-5-14)8-10-18-17(22)19-16-9-12-21(20-16)11-3-13-23-2/h4-7,9,12H,3,8,10-11,13H2,1-2H3,(H2,18,19,20,22). The molecule has 0 aliphatic rings. The number of benzene rings is 1. The van der Waals surface area contributed by atoms with E-state index in [2.05, 4.69) is 46.9 Å². The number of hydrogen-bond acceptors (Lipinski definition) is 3. The lowest BCUT2D eigenvalue weighted by Gasteiger charge is -2.06. The maximum atomic E-state index is 11.8. The minimum Gasteiger partial charge on any atom is -0.385 e. The zero-order valence-corrected chi connectivity index (χ0v) is 13.7. The third-order valence-corrected chi connectivity index (χ3v) is 3.44. The van der Waals surface area contributed by atoms with E-state index in [0.29, 0.717) is 19.0 Å². The fraction of sp³-hybridized carbons (Fsp3) is 0.412. The Bertz CT molecular complexity index is 607. The van der Waals surface area contributed by atoms with Crippen molar-refractivity contribution in [3.05, 3.63) is 47.7 Å². The first-order chi connectivity index (χ1) is 11.2. The molecule has 1 aromatic carbocycles. The van der Waals surface area contributed by atoms with Gasteiger partial charge in [-0.2, -0.15) is 5.10 Å². The van der Waals surface area contributed by atoms with Crippen LogP contribution >= 0.6 is 0 Å². The molecule has 23 heavy (non-hydrogen) atoms. The van der Waals surface area contributed by atoms with Gasteiger partial charge in [0.1, 0.15) is 0 Å². The predicted molar refractivity (Wildman–Crippen MR) is 90.6 cm³/mol. The number of aryl methyl sites for hydroxylation is 2. The number of amides is 2. The zero-order valence-electron chi connectivity index (χ0n) is 13.7. The van der Waals surface area contributed by atoms with Crippen molar-refractivity contribution in [2.75, 3.05) is 25.6 Å². The molecule has 0 radical (unpaired) electrons. The lowest BCUT2D eigenvalue weighted by Crippen LogP contribution is -2.30. The molecule has 6 nitrogen and oxygen atoms in total. The van der Waals surface area contributed by atoms with Gasteiger partial charge in [-0.3, -0.25) is 10.00 Å². The first-order valence-electron chi connectivity index (χ1n) is 7.80. The Morgan fingerprint density at radius 2 is 2.04 bits per heavy atom. The second-order valence-electron chi connectivity index (χ2n) is 5.43. The Morgan fingerprint density at radius 3 is 2.78 bits per heavy atom. The summed E-state index contributed by atoms with van der Waals surface area (Å²) in [5.41, 5.74) is 2.44. The van der Waals surface area contributed by atoms with Gasteiger partial charge in [-0.15, -0.1) is 0 Å². The number of urea groups is 1. The van der Waals surface area contributed by atoms with Crippen LogP contribution in [0.15, 0.2) is 36.5 Å². The van der Waals surface area contributed by atoms with Gasteiger partial charge >= 0.3 is 6.03 Å². The summed E-state index contributed by atoms with van der Waals surface area (Å²) in [6, 6.07) is 9.86. The highest BCUT2D eigenvalue weighted by Gasteiger charge is 2.04. The Hall–Kier alpha value is -2.34. The van der Waals surface area contributed by atoms with Crippen molar-refractivity contribution in [3.63, 3.8) is 0 Å². The van der Waals surface area contributed by atoms with Gasteiger partial charge in [-0.25, -0.2) is 4.79 Å². The van der Waals surface area contributed by atoms with E-state index in [-0.39, 0.29) is 6.03 Å². The number of rotatable bonds is 8. The summed E-state index contributed by atoms with van der Waals surface area (Å²) in [4.78, 5) is 11.8. The summed E-state index contributed by atoms with van der Waals surface area (Å²) in [6.45, 7) is 4.11. The number of anilines is 1. The molecule has 1 heterocycles. The number of carbonyl (C=O) groups excluding carboxylic acids is 1. The summed E-state index contributed by atoms with van der Waals surface area (Å²) in [5, 5.41) is 9.86. The summed E-state index contributed by atoms with van der Waals surface area (Å²) < 4.78 is 6.79. The van der Waals surface area contributed by atoms with E-state index in [1.807, 2.05) is 6.20 Å². The highest BCUT2D eigenvalue weighted by atomic mass is 16.5. The highest BCUT2D eigenvalue weighted by molar-refractivity contribution is 5.88. The lowest BCUT2D eigenvalue weighted by molar-refractivity contribution is 0.189. The van der Waals surface area contributed by atoms with Gasteiger partial charge in [0, 0.05) is 39.1 Å². The molecule has 2 N–H and O–H groups in total. The summed E-state index contributed by atoms with van der Waals surface area (Å²) in [7, 11) is 1.68. The van der Waals surface area contributed by atoms with Crippen LogP contribution in [-0.4, -0.2) is 36.1 Å². The van der Waals surface area contributed by atoms with Gasteiger partial charge in [0.2, 0.25) is 0 Å². The van der Waals surface area contributed by atoms with Crippen LogP contribution in [0.5, 0.6) is 0 Å². The van der Waals surface area contributed by atoms with Gasteiger partial charge in [-0.05, 0) is 25.3 Å². The zero-order chi connectivity index (χ0) is 16.5. The molecule has 2 amide bonds. The molecule has 1 aromatic heterocycles. The SMILES string of the molecule is COCCCn1ccc(NC(=O)NCCc2ccc(C)cc2)n1. The molecule has 0 spiro atoms. The van der Waals surface area contributed by atoms with Crippen molar-refractivity contribution in [3.8, 4) is 0 Å². The molecule has 2 aromatic rings. The van der Waals surface area contributed by atoms with Gasteiger partial charge in [0.25, 0.3) is 0 Å². The smallest absolute Gasteiger partial charge is 0.320 e. The molecular weight excluding hydrogens is 292 g/mol. The number of ether oxygens (including phenoxy) is 1. The third-order valence-electron chi connectivity index (χ3n) is 3.44. The topological polar surface area (TPSA) is 68.2 Å². The van der Waals surface area contributed by atoms with Crippen LogP contribution < -0.4 is 10.6 Å². The number of nitrogens with one attached hydrogen (secondary N) is 2. The van der Waals surface area contributed by atoms with E-state index < -0.39 is 0 Å². The summed E-state index contributed by atoms with van der Waals surface area (Å²) in [6.07, 6.45) is 3.54. The first-order valence-corrected chi connectivity index (χ1v) is 7.80. The van der Waals surface area contributed by atoms with Crippen LogP contribution in [0.4, 0.5) is 10.6 Å². The van der Waals surface area contributed by atoms with Crippen molar-refractivity contribution in [2.24, 2.45) is 0 Å². The average Bonchev–Trinajstić information content (AvgIpc) is 2.97. The van der Waals surface area contributed by atoms with E-state index in [1.165, 1.54) is 11.1 Å². The molecule has 0 fully saturated rings. The maximum Gasteiger partial charge on any atom is 0.320 e. The summed E-state index contributed by atoms with van der Waals surface area (Å²) >= 11 is 0. The minimum absolute atomic E-state index is 0.237. The van der Waals surface area contributed by atoms with Gasteiger partial charge in [0.15, 0.2) is 5.82 Å². The van der Waals surface area contributed by atoms with Crippen molar-refractivity contribution < 1.29 is 9.53 Å². The van der Waals surface area contributed by atoms with Crippen LogP contribution in [0.1, 0.15) is 17.5 Å². The fourth-order valence-corrected chi connectivity index (χ4v) is 2.16. The molecule has 0 unspecified atom stereocenters. The van der Waals surface area contributed by atoms with E-state index in [0.717, 1.165) is 19.4 Å². The Labute approximate surface area is 136 Å². The van der Waals surface area contributed by atoms with Gasteiger partial charge in [0.05, 0.1) is 0 Å². The first kappa shape index (κ1) is 17.0. The van der Waals surface area contributed by atoms with Gasteiger partial charge < -0.3 is 10.1 Å². The van der Waals surface area contributed by atoms with E-state index >= 15 is 0 Å². The number of carbonyl (C=O) groups is 1. The second-order valence-corrected chi connectivity index (χ2v) is 5.43. The Morgan fingerprint density at radius 1 is 1.26 bits per heavy atom. The van der Waals surface area contributed by atoms with Crippen LogP contribution in [0, 0.1) is 6.92 Å². The molecule has 0 atom stereocenters. The van der Waals surface area contributed by atoms with Gasteiger partial charge in [-0.1, -0.05) is 29.8 Å². The number of methoxy groups -OCH3 is 1. The van der Waals surface area contributed by atoms with E-state index in [4.69, 9.17) is 4.74 Å². The molecule has 0 aliphatic carbocycles. The number of nitrogens with zero attached hydrogens (tertiary/aromatic N) is 2. The molecule has 124 valence electrons. The third kappa shape index (κ3) is 6.12. The quantitative estimate of drug-likeness (QED) is 0.736.